The summed E-state index contributed by atoms with van der Waals surface area (Å²) in [5.74, 6) is 2.00. The summed E-state index contributed by atoms with van der Waals surface area (Å²) in [7, 11) is 1.84. The maximum atomic E-state index is 4.43. The second kappa shape index (κ2) is 8.15. The maximum Gasteiger partial charge on any atom is 0.194 e. The minimum atomic E-state index is 0.770. The van der Waals surface area contributed by atoms with Gasteiger partial charge in [0, 0.05) is 50.4 Å². The van der Waals surface area contributed by atoms with E-state index in [9.17, 15) is 0 Å². The SMILES string of the molecule is CN=C(NCc1cccc(Br)c1)N1CCN(c2ccccn2)CC1. The number of aromatic nitrogens is 1. The number of benzene rings is 1. The van der Waals surface area contributed by atoms with Gasteiger partial charge in [-0.15, -0.1) is 0 Å². The van der Waals surface area contributed by atoms with Crippen LogP contribution in [0.15, 0.2) is 58.1 Å². The molecule has 1 aliphatic rings. The molecule has 1 saturated heterocycles. The molecule has 2 aromatic rings. The zero-order valence-electron chi connectivity index (χ0n) is 13.8. The second-order valence-electron chi connectivity index (χ2n) is 5.69. The summed E-state index contributed by atoms with van der Waals surface area (Å²) < 4.78 is 1.10. The second-order valence-corrected chi connectivity index (χ2v) is 6.61. The Bertz CT molecular complexity index is 681. The molecule has 1 aromatic heterocycles. The van der Waals surface area contributed by atoms with Gasteiger partial charge in [0.05, 0.1) is 0 Å². The first kappa shape index (κ1) is 16.8. The van der Waals surface area contributed by atoms with E-state index in [-0.39, 0.29) is 0 Å². The molecule has 0 spiro atoms. The Hall–Kier alpha value is -2.08. The first-order chi connectivity index (χ1) is 11.8. The number of nitrogens with zero attached hydrogens (tertiary/aromatic N) is 4. The molecule has 0 unspecified atom stereocenters. The Labute approximate surface area is 151 Å². The highest BCUT2D eigenvalue weighted by Gasteiger charge is 2.20. The zero-order valence-corrected chi connectivity index (χ0v) is 15.4. The average Bonchev–Trinajstić information content (AvgIpc) is 2.64. The minimum Gasteiger partial charge on any atom is -0.353 e. The molecule has 2 heterocycles. The van der Waals surface area contributed by atoms with Crippen molar-refractivity contribution in [3.8, 4) is 0 Å². The van der Waals surface area contributed by atoms with E-state index < -0.39 is 0 Å². The number of piperazine rings is 1. The summed E-state index contributed by atoms with van der Waals surface area (Å²) in [5, 5.41) is 3.46. The molecule has 0 saturated carbocycles. The molecule has 6 heteroatoms. The van der Waals surface area contributed by atoms with Crippen LogP contribution >= 0.6 is 15.9 Å². The van der Waals surface area contributed by atoms with Crippen molar-refractivity contribution in [3.63, 3.8) is 0 Å². The smallest absolute Gasteiger partial charge is 0.194 e. The van der Waals surface area contributed by atoms with Crippen LogP contribution in [-0.2, 0) is 6.54 Å². The van der Waals surface area contributed by atoms with Gasteiger partial charge >= 0.3 is 0 Å². The van der Waals surface area contributed by atoms with Gasteiger partial charge in [-0.1, -0.05) is 34.1 Å². The van der Waals surface area contributed by atoms with E-state index in [4.69, 9.17) is 0 Å². The lowest BCUT2D eigenvalue weighted by Gasteiger charge is -2.37. The van der Waals surface area contributed by atoms with E-state index in [0.717, 1.165) is 49.0 Å². The van der Waals surface area contributed by atoms with E-state index in [1.165, 1.54) is 5.56 Å². The molecule has 5 nitrogen and oxygen atoms in total. The van der Waals surface area contributed by atoms with E-state index in [1.54, 1.807) is 0 Å². The molecule has 0 aliphatic carbocycles. The van der Waals surface area contributed by atoms with Gasteiger partial charge in [0.25, 0.3) is 0 Å². The molecule has 0 bridgehead atoms. The number of guanidine groups is 1. The zero-order chi connectivity index (χ0) is 16.8. The third-order valence-corrected chi connectivity index (χ3v) is 4.60. The van der Waals surface area contributed by atoms with Crippen LogP contribution < -0.4 is 10.2 Å². The molecule has 24 heavy (non-hydrogen) atoms. The van der Waals surface area contributed by atoms with Gasteiger partial charge < -0.3 is 15.1 Å². The molecule has 0 atom stereocenters. The molecule has 0 radical (unpaired) electrons. The lowest BCUT2D eigenvalue weighted by Crippen LogP contribution is -2.52. The fraction of sp³-hybridized carbons (Fsp3) is 0.333. The van der Waals surface area contributed by atoms with Crippen LogP contribution in [0.3, 0.4) is 0 Å². The van der Waals surface area contributed by atoms with E-state index >= 15 is 0 Å². The monoisotopic (exact) mass is 387 g/mol. The summed E-state index contributed by atoms with van der Waals surface area (Å²) in [6, 6.07) is 14.4. The lowest BCUT2D eigenvalue weighted by atomic mass is 10.2. The molecule has 1 aromatic carbocycles. The van der Waals surface area contributed by atoms with Gasteiger partial charge in [-0.3, -0.25) is 4.99 Å². The number of anilines is 1. The van der Waals surface area contributed by atoms with Crippen molar-refractivity contribution in [1.82, 2.24) is 15.2 Å². The van der Waals surface area contributed by atoms with Crippen LogP contribution in [0.25, 0.3) is 0 Å². The number of nitrogens with one attached hydrogen (secondary N) is 1. The fourth-order valence-corrected chi connectivity index (χ4v) is 3.30. The Balaban J connectivity index is 1.54. The van der Waals surface area contributed by atoms with Gasteiger partial charge in [-0.2, -0.15) is 0 Å². The van der Waals surface area contributed by atoms with E-state index in [1.807, 2.05) is 31.4 Å². The number of hydrogen-bond donors (Lipinski definition) is 1. The molecule has 1 fully saturated rings. The third kappa shape index (κ3) is 4.26. The molecule has 0 amide bonds. The Morgan fingerprint density at radius 3 is 2.67 bits per heavy atom. The van der Waals surface area contributed by atoms with Crippen molar-refractivity contribution in [1.29, 1.82) is 0 Å². The average molecular weight is 388 g/mol. The quantitative estimate of drug-likeness (QED) is 0.649. The summed E-state index contributed by atoms with van der Waals surface area (Å²) in [6.45, 7) is 4.55. The number of hydrogen-bond acceptors (Lipinski definition) is 3. The predicted molar refractivity (Wildman–Crippen MR) is 102 cm³/mol. The highest BCUT2D eigenvalue weighted by atomic mass is 79.9. The van der Waals surface area contributed by atoms with Crippen molar-refractivity contribution in [2.24, 2.45) is 4.99 Å². The van der Waals surface area contributed by atoms with Gasteiger partial charge in [-0.25, -0.2) is 4.98 Å². The van der Waals surface area contributed by atoms with Crippen LogP contribution in [0.5, 0.6) is 0 Å². The molecule has 126 valence electrons. The van der Waals surface area contributed by atoms with Crippen molar-refractivity contribution >= 4 is 27.7 Å². The Morgan fingerprint density at radius 2 is 2.00 bits per heavy atom. The molecular formula is C18H22BrN5. The fourth-order valence-electron chi connectivity index (χ4n) is 2.85. The van der Waals surface area contributed by atoms with Crippen LogP contribution in [0.1, 0.15) is 5.56 Å². The van der Waals surface area contributed by atoms with Crippen molar-refractivity contribution < 1.29 is 0 Å². The maximum absolute atomic E-state index is 4.43. The molecule has 1 aliphatic heterocycles. The number of pyridine rings is 1. The molecule has 1 N–H and O–H groups in total. The topological polar surface area (TPSA) is 43.8 Å². The molecule has 3 rings (SSSR count). The summed E-state index contributed by atoms with van der Waals surface area (Å²) in [4.78, 5) is 13.5. The number of aliphatic imine (C=N–C) groups is 1. The predicted octanol–water partition coefficient (Wildman–Crippen LogP) is 2.74. The van der Waals surface area contributed by atoms with Gasteiger partial charge in [0.1, 0.15) is 5.82 Å². The number of halogens is 1. The summed E-state index contributed by atoms with van der Waals surface area (Å²) in [6.07, 6.45) is 1.85. The Kier molecular flexibility index (Phi) is 5.69. The van der Waals surface area contributed by atoms with Crippen LogP contribution in [0, 0.1) is 0 Å². The standard InChI is InChI=1S/C18H22BrN5/c1-20-18(22-14-15-5-4-6-16(19)13-15)24-11-9-23(10-12-24)17-7-2-3-8-21-17/h2-8,13H,9-12,14H2,1H3,(H,20,22). The van der Waals surface area contributed by atoms with Crippen LogP contribution in [0.4, 0.5) is 5.82 Å². The van der Waals surface area contributed by atoms with Crippen molar-refractivity contribution in [2.75, 3.05) is 38.1 Å². The summed E-state index contributed by atoms with van der Waals surface area (Å²) >= 11 is 3.51. The minimum absolute atomic E-state index is 0.770. The van der Waals surface area contributed by atoms with Crippen LogP contribution in [-0.4, -0.2) is 49.1 Å². The van der Waals surface area contributed by atoms with Gasteiger partial charge in [-0.05, 0) is 29.8 Å². The number of rotatable bonds is 3. The van der Waals surface area contributed by atoms with Crippen LogP contribution in [0.2, 0.25) is 0 Å². The first-order valence-corrected chi connectivity index (χ1v) is 8.91. The first-order valence-electron chi connectivity index (χ1n) is 8.12. The van der Waals surface area contributed by atoms with Crippen molar-refractivity contribution in [2.45, 2.75) is 6.54 Å². The van der Waals surface area contributed by atoms with E-state index in [2.05, 4.69) is 65.3 Å². The largest absolute Gasteiger partial charge is 0.353 e. The highest BCUT2D eigenvalue weighted by molar-refractivity contribution is 9.10. The third-order valence-electron chi connectivity index (χ3n) is 4.10. The van der Waals surface area contributed by atoms with Crippen molar-refractivity contribution in [3.05, 3.63) is 58.7 Å². The lowest BCUT2D eigenvalue weighted by molar-refractivity contribution is 0.371. The highest BCUT2D eigenvalue weighted by Crippen LogP contribution is 2.13. The Morgan fingerprint density at radius 1 is 1.17 bits per heavy atom. The van der Waals surface area contributed by atoms with E-state index in [0.29, 0.717) is 0 Å². The van der Waals surface area contributed by atoms with Gasteiger partial charge in [0.15, 0.2) is 5.96 Å². The van der Waals surface area contributed by atoms with Gasteiger partial charge in [0.2, 0.25) is 0 Å². The summed E-state index contributed by atoms with van der Waals surface area (Å²) in [5.41, 5.74) is 1.23. The normalized spacial score (nSPS) is 15.5. The molecular weight excluding hydrogens is 366 g/mol.